The Morgan fingerprint density at radius 3 is 2.32 bits per heavy atom. The second kappa shape index (κ2) is 7.64. The smallest absolute Gasteiger partial charge is 0.302 e. The number of hydrogen-bond donors (Lipinski definition) is 0. The Labute approximate surface area is 178 Å². The molecule has 31 heavy (non-hydrogen) atoms. The Hall–Kier alpha value is -3.49. The second-order valence-corrected chi connectivity index (χ2v) is 8.29. The molecule has 0 aliphatic carbocycles. The van der Waals surface area contributed by atoms with Gasteiger partial charge in [-0.05, 0) is 43.5 Å². The van der Waals surface area contributed by atoms with E-state index in [0.717, 1.165) is 11.4 Å². The SMILES string of the molecule is Cc1cc(C)n(-c2nc3c(c(=O)n(Cc4ccc(F)cc4)c(=O)n3C)n2CC(C)C)n1. The molecule has 1 aromatic carbocycles. The van der Waals surface area contributed by atoms with Crippen molar-refractivity contribution < 1.29 is 4.39 Å². The second-order valence-electron chi connectivity index (χ2n) is 8.29. The van der Waals surface area contributed by atoms with Crippen LogP contribution in [0.25, 0.3) is 17.1 Å². The van der Waals surface area contributed by atoms with E-state index in [1.165, 1.54) is 21.3 Å². The predicted octanol–water partition coefficient (Wildman–Crippen LogP) is 2.54. The molecule has 0 saturated carbocycles. The van der Waals surface area contributed by atoms with E-state index >= 15 is 0 Å². The number of imidazole rings is 1. The summed E-state index contributed by atoms with van der Waals surface area (Å²) in [5.41, 5.74) is 2.14. The highest BCUT2D eigenvalue weighted by Gasteiger charge is 2.23. The molecule has 0 amide bonds. The van der Waals surface area contributed by atoms with Gasteiger partial charge < -0.3 is 4.57 Å². The highest BCUT2D eigenvalue weighted by atomic mass is 19.1. The van der Waals surface area contributed by atoms with Gasteiger partial charge >= 0.3 is 5.69 Å². The molecule has 4 aromatic rings. The lowest BCUT2D eigenvalue weighted by Gasteiger charge is -2.13. The van der Waals surface area contributed by atoms with Crippen LogP contribution in [0.3, 0.4) is 0 Å². The van der Waals surface area contributed by atoms with Crippen LogP contribution in [0.5, 0.6) is 0 Å². The summed E-state index contributed by atoms with van der Waals surface area (Å²) in [5.74, 6) is 0.361. The molecule has 0 aliphatic heterocycles. The molecule has 0 saturated heterocycles. The van der Waals surface area contributed by atoms with E-state index in [4.69, 9.17) is 0 Å². The number of hydrogen-bond acceptors (Lipinski definition) is 4. The van der Waals surface area contributed by atoms with Crippen molar-refractivity contribution in [1.29, 1.82) is 0 Å². The minimum atomic E-state index is -0.476. The van der Waals surface area contributed by atoms with Crippen molar-refractivity contribution in [3.8, 4) is 5.95 Å². The van der Waals surface area contributed by atoms with Gasteiger partial charge in [-0.1, -0.05) is 26.0 Å². The summed E-state index contributed by atoms with van der Waals surface area (Å²) in [7, 11) is 1.60. The monoisotopic (exact) mass is 424 g/mol. The first kappa shape index (κ1) is 20.8. The summed E-state index contributed by atoms with van der Waals surface area (Å²) in [6.07, 6.45) is 0. The molecule has 8 nitrogen and oxygen atoms in total. The molecule has 0 bridgehead atoms. The fraction of sp³-hybridized carbons (Fsp3) is 0.364. The van der Waals surface area contributed by atoms with Crippen LogP contribution in [0, 0.1) is 25.6 Å². The maximum Gasteiger partial charge on any atom is 0.332 e. The van der Waals surface area contributed by atoms with Gasteiger partial charge in [-0.25, -0.2) is 13.9 Å². The molecule has 0 unspecified atom stereocenters. The van der Waals surface area contributed by atoms with E-state index in [0.29, 0.717) is 29.2 Å². The normalized spacial score (nSPS) is 11.7. The lowest BCUT2D eigenvalue weighted by molar-refractivity contribution is 0.516. The van der Waals surface area contributed by atoms with Crippen LogP contribution in [0.2, 0.25) is 0 Å². The van der Waals surface area contributed by atoms with Crippen LogP contribution in [0.1, 0.15) is 30.8 Å². The van der Waals surface area contributed by atoms with Gasteiger partial charge in [0.15, 0.2) is 11.2 Å². The highest BCUT2D eigenvalue weighted by Crippen LogP contribution is 2.19. The molecule has 0 fully saturated rings. The summed E-state index contributed by atoms with van der Waals surface area (Å²) in [5, 5.41) is 4.53. The Morgan fingerprint density at radius 2 is 1.74 bits per heavy atom. The number of rotatable bonds is 5. The van der Waals surface area contributed by atoms with Crippen molar-refractivity contribution in [2.45, 2.75) is 40.8 Å². The van der Waals surface area contributed by atoms with E-state index in [1.807, 2.05) is 24.5 Å². The largest absolute Gasteiger partial charge is 0.332 e. The quantitative estimate of drug-likeness (QED) is 0.493. The molecule has 162 valence electrons. The number of benzene rings is 1. The molecule has 0 atom stereocenters. The molecular formula is C22H25FN6O2. The molecule has 3 aromatic heterocycles. The Morgan fingerprint density at radius 1 is 1.06 bits per heavy atom. The minimum absolute atomic E-state index is 0.0455. The van der Waals surface area contributed by atoms with Crippen LogP contribution in [-0.4, -0.2) is 28.5 Å². The molecular weight excluding hydrogens is 399 g/mol. The molecule has 3 heterocycles. The van der Waals surface area contributed by atoms with Gasteiger partial charge in [-0.3, -0.25) is 13.9 Å². The fourth-order valence-electron chi connectivity index (χ4n) is 3.80. The number of fused-ring (bicyclic) bond motifs is 1. The Balaban J connectivity index is 2.01. The Bertz CT molecular complexity index is 1390. The van der Waals surface area contributed by atoms with Gasteiger partial charge in [0.1, 0.15) is 5.82 Å². The van der Waals surface area contributed by atoms with E-state index in [9.17, 15) is 14.0 Å². The van der Waals surface area contributed by atoms with Crippen LogP contribution < -0.4 is 11.2 Å². The zero-order valence-corrected chi connectivity index (χ0v) is 18.3. The van der Waals surface area contributed by atoms with Crippen LogP contribution in [0.15, 0.2) is 39.9 Å². The zero-order valence-electron chi connectivity index (χ0n) is 18.3. The summed E-state index contributed by atoms with van der Waals surface area (Å²) < 4.78 is 19.4. The topological polar surface area (TPSA) is 79.6 Å². The average molecular weight is 424 g/mol. The summed E-state index contributed by atoms with van der Waals surface area (Å²) in [6.45, 7) is 8.50. The zero-order chi connectivity index (χ0) is 22.4. The van der Waals surface area contributed by atoms with Gasteiger partial charge in [0.2, 0.25) is 5.95 Å². The van der Waals surface area contributed by atoms with Crippen molar-refractivity contribution in [3.63, 3.8) is 0 Å². The van der Waals surface area contributed by atoms with Gasteiger partial charge in [-0.15, -0.1) is 0 Å². The first-order chi connectivity index (χ1) is 14.7. The van der Waals surface area contributed by atoms with Crippen molar-refractivity contribution >= 4 is 11.2 Å². The van der Waals surface area contributed by atoms with Crippen molar-refractivity contribution in [2.24, 2.45) is 13.0 Å². The number of aryl methyl sites for hydroxylation is 3. The van der Waals surface area contributed by atoms with Gasteiger partial charge in [0.25, 0.3) is 5.56 Å². The highest BCUT2D eigenvalue weighted by molar-refractivity contribution is 5.72. The van der Waals surface area contributed by atoms with Crippen LogP contribution in [0.4, 0.5) is 4.39 Å². The Kier molecular flexibility index (Phi) is 5.12. The lowest BCUT2D eigenvalue weighted by Crippen LogP contribution is -2.40. The first-order valence-electron chi connectivity index (χ1n) is 10.2. The third kappa shape index (κ3) is 3.60. The number of halogens is 1. The first-order valence-corrected chi connectivity index (χ1v) is 10.2. The molecule has 0 radical (unpaired) electrons. The minimum Gasteiger partial charge on any atom is -0.302 e. The predicted molar refractivity (Wildman–Crippen MR) is 116 cm³/mol. The average Bonchev–Trinajstić information content (AvgIpc) is 3.24. The number of nitrogens with zero attached hydrogens (tertiary/aromatic N) is 6. The van der Waals surface area contributed by atoms with Crippen molar-refractivity contribution in [3.05, 3.63) is 73.9 Å². The molecule has 0 aliphatic rings. The van der Waals surface area contributed by atoms with Crippen LogP contribution in [-0.2, 0) is 20.1 Å². The maximum atomic E-state index is 13.5. The van der Waals surface area contributed by atoms with Crippen LogP contribution >= 0.6 is 0 Å². The van der Waals surface area contributed by atoms with Gasteiger partial charge in [0, 0.05) is 19.3 Å². The molecule has 0 N–H and O–H groups in total. The van der Waals surface area contributed by atoms with Gasteiger partial charge in [-0.2, -0.15) is 10.1 Å². The van der Waals surface area contributed by atoms with E-state index in [1.54, 1.807) is 23.9 Å². The summed E-state index contributed by atoms with van der Waals surface area (Å²) in [4.78, 5) is 31.2. The fourth-order valence-corrected chi connectivity index (χ4v) is 3.80. The number of aromatic nitrogens is 6. The van der Waals surface area contributed by atoms with Gasteiger partial charge in [0.05, 0.1) is 12.2 Å². The lowest BCUT2D eigenvalue weighted by atomic mass is 10.2. The van der Waals surface area contributed by atoms with Crippen molar-refractivity contribution in [1.82, 2.24) is 28.5 Å². The third-order valence-corrected chi connectivity index (χ3v) is 5.21. The third-order valence-electron chi connectivity index (χ3n) is 5.21. The molecule has 4 rings (SSSR count). The summed E-state index contributed by atoms with van der Waals surface area (Å²) in [6, 6.07) is 7.70. The van der Waals surface area contributed by atoms with E-state index in [2.05, 4.69) is 23.9 Å². The van der Waals surface area contributed by atoms with E-state index in [-0.39, 0.29) is 18.3 Å². The standard InChI is InChI=1S/C22H25FN6O2/c1-13(2)11-27-18-19(24-21(27)29-15(4)10-14(3)25-29)26(5)22(31)28(20(18)30)12-16-6-8-17(23)9-7-16/h6-10,13H,11-12H2,1-5H3. The maximum absolute atomic E-state index is 13.5. The molecule has 0 spiro atoms. The van der Waals surface area contributed by atoms with E-state index < -0.39 is 11.2 Å². The summed E-state index contributed by atoms with van der Waals surface area (Å²) >= 11 is 0. The molecule has 9 heteroatoms. The van der Waals surface area contributed by atoms with Crippen molar-refractivity contribution in [2.75, 3.05) is 0 Å².